The van der Waals surface area contributed by atoms with Crippen LogP contribution in [0.15, 0.2) is 47.4 Å². The molecule has 1 aliphatic heterocycles. The number of ether oxygens (including phenoxy) is 2. The van der Waals surface area contributed by atoms with Crippen LogP contribution in [-0.2, 0) is 30.8 Å². The number of sulfonamides is 1. The number of aliphatic carboxylic acids is 1. The lowest BCUT2D eigenvalue weighted by Crippen LogP contribution is -2.44. The summed E-state index contributed by atoms with van der Waals surface area (Å²) in [4.78, 5) is 23.4. The molecule has 1 atom stereocenters. The zero-order valence-corrected chi connectivity index (χ0v) is 19.4. The van der Waals surface area contributed by atoms with E-state index in [1.165, 1.54) is 24.3 Å². The molecule has 0 saturated heterocycles. The molecule has 8 nitrogen and oxygen atoms in total. The van der Waals surface area contributed by atoms with Gasteiger partial charge in [0.1, 0.15) is 17.5 Å². The van der Waals surface area contributed by atoms with E-state index >= 15 is 0 Å². The number of benzene rings is 2. The number of carboxylic acid groups (broad SMARTS) is 1. The molecule has 0 radical (unpaired) electrons. The van der Waals surface area contributed by atoms with E-state index in [2.05, 4.69) is 0 Å². The minimum Gasteiger partial charge on any atom is -0.486 e. The summed E-state index contributed by atoms with van der Waals surface area (Å²) in [5.74, 6) is -1.36. The zero-order chi connectivity index (χ0) is 23.7. The van der Waals surface area contributed by atoms with Crippen LogP contribution in [0.3, 0.4) is 0 Å². The van der Waals surface area contributed by atoms with Crippen molar-refractivity contribution < 1.29 is 32.6 Å². The predicted molar refractivity (Wildman–Crippen MR) is 119 cm³/mol. The fraction of sp³-hybridized carbons (Fsp3) is 0.364. The van der Waals surface area contributed by atoms with E-state index in [1.54, 1.807) is 39.0 Å². The van der Waals surface area contributed by atoms with E-state index in [4.69, 9.17) is 21.1 Å². The van der Waals surface area contributed by atoms with Gasteiger partial charge in [0.2, 0.25) is 0 Å². The van der Waals surface area contributed by atoms with Gasteiger partial charge < -0.3 is 14.6 Å². The number of fused-ring (bicyclic) bond motifs is 1. The second-order valence-electron chi connectivity index (χ2n) is 8.40. The van der Waals surface area contributed by atoms with E-state index < -0.39 is 33.7 Å². The molecule has 2 aromatic carbocycles. The highest BCUT2D eigenvalue weighted by Gasteiger charge is 2.36. The summed E-state index contributed by atoms with van der Waals surface area (Å²) in [6.45, 7) is 5.07. The highest BCUT2D eigenvalue weighted by Crippen LogP contribution is 2.38. The van der Waals surface area contributed by atoms with Gasteiger partial charge in [-0.15, -0.1) is 0 Å². The Hall–Kier alpha value is -2.78. The third kappa shape index (κ3) is 5.72. The summed E-state index contributed by atoms with van der Waals surface area (Å²) in [6.07, 6.45) is -1.32. The van der Waals surface area contributed by atoms with Gasteiger partial charge in [-0.2, -0.15) is 0 Å². The highest BCUT2D eigenvalue weighted by molar-refractivity contribution is 7.92. The Balaban J connectivity index is 2.01. The van der Waals surface area contributed by atoms with Gasteiger partial charge in [-0.3, -0.25) is 13.9 Å². The Bertz CT molecular complexity index is 1140. The van der Waals surface area contributed by atoms with Crippen LogP contribution >= 0.6 is 11.6 Å². The number of rotatable bonds is 6. The van der Waals surface area contributed by atoms with Crippen LogP contribution in [0.2, 0.25) is 5.02 Å². The van der Waals surface area contributed by atoms with Crippen LogP contribution in [0.4, 0.5) is 5.69 Å². The summed E-state index contributed by atoms with van der Waals surface area (Å²) in [5.41, 5.74) is 0.0951. The van der Waals surface area contributed by atoms with Crippen LogP contribution in [0.1, 0.15) is 32.8 Å². The van der Waals surface area contributed by atoms with Gasteiger partial charge in [-0.25, -0.2) is 8.42 Å². The molecule has 2 aromatic rings. The monoisotopic (exact) mass is 481 g/mol. The number of halogens is 1. The van der Waals surface area contributed by atoms with Gasteiger partial charge >= 0.3 is 11.9 Å². The number of hydrogen-bond donors (Lipinski definition) is 1. The van der Waals surface area contributed by atoms with Crippen molar-refractivity contribution in [2.24, 2.45) is 0 Å². The Morgan fingerprint density at radius 3 is 2.56 bits per heavy atom. The van der Waals surface area contributed by atoms with Crippen molar-refractivity contribution in [3.05, 3.63) is 53.1 Å². The molecule has 0 bridgehead atoms. The quantitative estimate of drug-likeness (QED) is 0.627. The SMILES string of the molecule is CC(C)(C)OC(=O)Cc1ccc2c(c1)N(S(=O)(=O)c1cccc(Cl)c1)C[C@H](CC(=O)O)O2. The van der Waals surface area contributed by atoms with E-state index in [0.717, 1.165) is 4.31 Å². The van der Waals surface area contributed by atoms with Crippen molar-refractivity contribution >= 4 is 39.3 Å². The topological polar surface area (TPSA) is 110 Å². The highest BCUT2D eigenvalue weighted by atomic mass is 35.5. The Morgan fingerprint density at radius 2 is 1.94 bits per heavy atom. The molecule has 0 aromatic heterocycles. The van der Waals surface area contributed by atoms with Gasteiger partial charge in [-0.1, -0.05) is 23.7 Å². The normalized spacial score (nSPS) is 16.1. The fourth-order valence-electron chi connectivity index (χ4n) is 3.30. The van der Waals surface area contributed by atoms with Crippen LogP contribution in [-0.4, -0.2) is 43.7 Å². The maximum atomic E-state index is 13.4. The molecule has 1 heterocycles. The van der Waals surface area contributed by atoms with Crippen molar-refractivity contribution in [2.45, 2.75) is 50.2 Å². The fourth-order valence-corrected chi connectivity index (χ4v) is 5.10. The standard InChI is InChI=1S/C22H24ClNO7S/c1-22(2,3)31-21(27)10-14-7-8-19-18(9-14)24(13-16(30-19)12-20(25)26)32(28,29)17-6-4-5-15(23)11-17/h4-9,11,16H,10,12-13H2,1-3H3,(H,25,26)/t16-/m0/s1. The lowest BCUT2D eigenvalue weighted by Gasteiger charge is -2.35. The first-order valence-electron chi connectivity index (χ1n) is 9.87. The van der Waals surface area contributed by atoms with Crippen LogP contribution in [0.5, 0.6) is 5.75 Å². The van der Waals surface area contributed by atoms with Gasteiger partial charge in [0, 0.05) is 5.02 Å². The Labute approximate surface area is 191 Å². The Kier molecular flexibility index (Phi) is 6.71. The van der Waals surface area contributed by atoms with Gasteiger partial charge in [0.05, 0.1) is 30.0 Å². The predicted octanol–water partition coefficient (Wildman–Crippen LogP) is 3.66. The number of anilines is 1. The molecule has 0 spiro atoms. The minimum absolute atomic E-state index is 0.0375. The number of esters is 1. The number of hydrogen-bond acceptors (Lipinski definition) is 6. The molecule has 1 N–H and O–H groups in total. The molecule has 10 heteroatoms. The molecule has 32 heavy (non-hydrogen) atoms. The molecule has 3 rings (SSSR count). The van der Waals surface area contributed by atoms with Crippen LogP contribution in [0.25, 0.3) is 0 Å². The lowest BCUT2D eigenvalue weighted by molar-refractivity contribution is -0.154. The first kappa shape index (κ1) is 23.9. The first-order chi connectivity index (χ1) is 14.8. The molecular formula is C22H24ClNO7S. The largest absolute Gasteiger partial charge is 0.486 e. The molecule has 0 saturated carbocycles. The first-order valence-corrected chi connectivity index (χ1v) is 11.7. The average molecular weight is 482 g/mol. The molecule has 1 aliphatic rings. The van der Waals surface area contributed by atoms with E-state index in [1.807, 2.05) is 0 Å². The van der Waals surface area contributed by atoms with Crippen LogP contribution < -0.4 is 9.04 Å². The molecular weight excluding hydrogens is 458 g/mol. The van der Waals surface area contributed by atoms with Crippen molar-refractivity contribution in [1.29, 1.82) is 0 Å². The molecule has 0 unspecified atom stereocenters. The van der Waals surface area contributed by atoms with E-state index in [-0.39, 0.29) is 40.7 Å². The number of carboxylic acids is 1. The molecule has 0 fully saturated rings. The van der Waals surface area contributed by atoms with E-state index in [9.17, 15) is 23.1 Å². The summed E-state index contributed by atoms with van der Waals surface area (Å²) in [6, 6.07) is 10.5. The smallest absolute Gasteiger partial charge is 0.310 e. The van der Waals surface area contributed by atoms with Gasteiger partial charge in [0.25, 0.3) is 10.0 Å². The van der Waals surface area contributed by atoms with Crippen molar-refractivity contribution in [3.8, 4) is 5.75 Å². The third-order valence-corrected chi connectivity index (χ3v) is 6.52. The van der Waals surface area contributed by atoms with Gasteiger partial charge in [0.15, 0.2) is 0 Å². The van der Waals surface area contributed by atoms with Crippen molar-refractivity contribution in [3.63, 3.8) is 0 Å². The van der Waals surface area contributed by atoms with E-state index in [0.29, 0.717) is 5.56 Å². The maximum Gasteiger partial charge on any atom is 0.310 e. The van der Waals surface area contributed by atoms with Crippen LogP contribution in [0, 0.1) is 0 Å². The van der Waals surface area contributed by atoms with Crippen molar-refractivity contribution in [2.75, 3.05) is 10.8 Å². The minimum atomic E-state index is -4.08. The number of nitrogens with zero attached hydrogens (tertiary/aromatic N) is 1. The van der Waals surface area contributed by atoms with Crippen molar-refractivity contribution in [1.82, 2.24) is 0 Å². The Morgan fingerprint density at radius 1 is 1.22 bits per heavy atom. The summed E-state index contributed by atoms with van der Waals surface area (Å²) < 4.78 is 39.0. The summed E-state index contributed by atoms with van der Waals surface area (Å²) in [7, 11) is -4.08. The lowest BCUT2D eigenvalue weighted by atomic mass is 10.1. The summed E-state index contributed by atoms with van der Waals surface area (Å²) in [5, 5.41) is 9.43. The second-order valence-corrected chi connectivity index (χ2v) is 10.7. The summed E-state index contributed by atoms with van der Waals surface area (Å²) >= 11 is 5.99. The third-order valence-electron chi connectivity index (χ3n) is 4.51. The number of carbonyl (C=O) groups is 2. The maximum absolute atomic E-state index is 13.4. The molecule has 0 aliphatic carbocycles. The van der Waals surface area contributed by atoms with Gasteiger partial charge in [-0.05, 0) is 56.7 Å². The molecule has 0 amide bonds. The number of carbonyl (C=O) groups excluding carboxylic acids is 1. The second kappa shape index (κ2) is 8.99. The zero-order valence-electron chi connectivity index (χ0n) is 17.9. The molecule has 172 valence electrons. The average Bonchev–Trinajstić information content (AvgIpc) is 2.65.